The zero-order valence-corrected chi connectivity index (χ0v) is 20.1. The van der Waals surface area contributed by atoms with Gasteiger partial charge in [0, 0.05) is 80.5 Å². The van der Waals surface area contributed by atoms with Crippen molar-refractivity contribution in [2.75, 3.05) is 33.2 Å². The maximum atomic E-state index is 13.1. The van der Waals surface area contributed by atoms with Crippen molar-refractivity contribution in [2.45, 2.75) is 32.1 Å². The highest BCUT2D eigenvalue weighted by atomic mass is 16.2. The number of nitrogens with zero attached hydrogens (tertiary/aromatic N) is 5. The third-order valence-electron chi connectivity index (χ3n) is 7.52. The second-order valence-corrected chi connectivity index (χ2v) is 9.96. The fourth-order valence-corrected chi connectivity index (χ4v) is 5.30. The highest BCUT2D eigenvalue weighted by molar-refractivity contribution is 5.89. The number of pyridine rings is 1. The summed E-state index contributed by atoms with van der Waals surface area (Å²) in [6, 6.07) is 8.31. The van der Waals surface area contributed by atoms with Crippen molar-refractivity contribution in [2.24, 2.45) is 18.9 Å². The molecule has 3 heterocycles. The monoisotopic (exact) mass is 459 g/mol. The lowest BCUT2D eigenvalue weighted by molar-refractivity contribution is -0.139. The molecule has 0 bridgehead atoms. The van der Waals surface area contributed by atoms with Crippen LogP contribution in [0.4, 0.5) is 0 Å². The molecule has 7 nitrogen and oxygen atoms in total. The van der Waals surface area contributed by atoms with E-state index in [1.807, 2.05) is 36.6 Å². The van der Waals surface area contributed by atoms with Crippen LogP contribution in [0.3, 0.4) is 0 Å². The molecule has 1 amide bonds. The van der Waals surface area contributed by atoms with Crippen molar-refractivity contribution in [1.82, 2.24) is 24.6 Å². The van der Waals surface area contributed by atoms with Crippen molar-refractivity contribution in [3.05, 3.63) is 48.5 Å². The molecule has 2 aliphatic rings. The molecular formula is C27H33N5O2. The minimum atomic E-state index is 0.0377. The van der Waals surface area contributed by atoms with Crippen molar-refractivity contribution in [1.29, 1.82) is 0 Å². The van der Waals surface area contributed by atoms with Crippen LogP contribution < -0.4 is 0 Å². The maximum Gasteiger partial charge on any atom is 0.225 e. The topological polar surface area (TPSA) is 71.3 Å². The second kappa shape index (κ2) is 9.66. The van der Waals surface area contributed by atoms with E-state index in [9.17, 15) is 9.59 Å². The van der Waals surface area contributed by atoms with Gasteiger partial charge >= 0.3 is 0 Å². The summed E-state index contributed by atoms with van der Waals surface area (Å²) in [7, 11) is 4.01. The average molecular weight is 460 g/mol. The molecule has 7 heteroatoms. The smallest absolute Gasteiger partial charge is 0.225 e. The number of ketones is 1. The number of hydrogen-bond donors (Lipinski definition) is 0. The number of likely N-dealkylation sites (N-methyl/N-ethyl adjacent to an activating group) is 1. The van der Waals surface area contributed by atoms with Gasteiger partial charge in [-0.05, 0) is 55.8 Å². The van der Waals surface area contributed by atoms with Gasteiger partial charge in [-0.15, -0.1) is 0 Å². The number of carbonyl (C=O) groups is 2. The first-order valence-electron chi connectivity index (χ1n) is 12.3. The van der Waals surface area contributed by atoms with Crippen molar-refractivity contribution in [3.63, 3.8) is 0 Å². The molecular weight excluding hydrogens is 426 g/mol. The molecule has 0 unspecified atom stereocenters. The van der Waals surface area contributed by atoms with Crippen LogP contribution in [0.15, 0.2) is 42.9 Å². The Morgan fingerprint density at radius 2 is 1.62 bits per heavy atom. The minimum Gasteiger partial charge on any atom is -0.340 e. The predicted octanol–water partition coefficient (Wildman–Crippen LogP) is 3.33. The fraction of sp³-hybridized carbons (Fsp3) is 0.481. The number of carbonyl (C=O) groups excluding carboxylic acids is 2. The van der Waals surface area contributed by atoms with Gasteiger partial charge < -0.3 is 9.80 Å². The summed E-state index contributed by atoms with van der Waals surface area (Å²) in [5.74, 6) is 0.660. The van der Waals surface area contributed by atoms with Gasteiger partial charge in [-0.3, -0.25) is 19.3 Å². The molecule has 5 rings (SSSR count). The number of amides is 1. The number of hydrogen-bond acceptors (Lipinski definition) is 5. The minimum absolute atomic E-state index is 0.0377. The molecule has 1 saturated heterocycles. The Morgan fingerprint density at radius 3 is 2.32 bits per heavy atom. The first-order chi connectivity index (χ1) is 16.5. The van der Waals surface area contributed by atoms with E-state index in [0.29, 0.717) is 12.3 Å². The van der Waals surface area contributed by atoms with Gasteiger partial charge in [-0.25, -0.2) is 0 Å². The number of fused-ring (bicyclic) bond motifs is 1. The predicted molar refractivity (Wildman–Crippen MR) is 132 cm³/mol. The van der Waals surface area contributed by atoms with Gasteiger partial charge in [0.1, 0.15) is 5.78 Å². The highest BCUT2D eigenvalue weighted by Gasteiger charge is 2.32. The lowest BCUT2D eigenvalue weighted by Gasteiger charge is -2.36. The van der Waals surface area contributed by atoms with Crippen LogP contribution in [0, 0.1) is 11.8 Å². The van der Waals surface area contributed by atoms with Gasteiger partial charge in [-0.2, -0.15) is 5.10 Å². The van der Waals surface area contributed by atoms with E-state index in [2.05, 4.69) is 40.2 Å². The first kappa shape index (κ1) is 22.7. The molecule has 0 spiro atoms. The summed E-state index contributed by atoms with van der Waals surface area (Å²) in [4.78, 5) is 34.8. The zero-order valence-electron chi connectivity index (χ0n) is 20.1. The number of aromatic nitrogens is 3. The molecule has 2 aromatic heterocycles. The summed E-state index contributed by atoms with van der Waals surface area (Å²) >= 11 is 0. The first-order valence-corrected chi connectivity index (χ1v) is 12.3. The quantitative estimate of drug-likeness (QED) is 0.585. The summed E-state index contributed by atoms with van der Waals surface area (Å²) in [6.45, 7) is 3.54. The van der Waals surface area contributed by atoms with Crippen LogP contribution in [0.2, 0.25) is 0 Å². The Hall–Kier alpha value is -3.06. The number of Topliss-reactive ketones (excluding diaryl/α,β-unsaturated/α-hetero) is 1. The third-order valence-corrected chi connectivity index (χ3v) is 7.52. The molecule has 1 saturated carbocycles. The molecule has 3 aromatic rings. The Morgan fingerprint density at radius 1 is 0.882 bits per heavy atom. The average Bonchev–Trinajstić information content (AvgIpc) is 3.30. The maximum absolute atomic E-state index is 13.1. The van der Waals surface area contributed by atoms with E-state index in [4.69, 9.17) is 0 Å². The Kier molecular flexibility index (Phi) is 6.46. The van der Waals surface area contributed by atoms with E-state index in [1.165, 1.54) is 0 Å². The normalized spacial score (nSPS) is 21.6. The van der Waals surface area contributed by atoms with E-state index in [1.54, 1.807) is 4.68 Å². The number of benzene rings is 1. The lowest BCUT2D eigenvalue weighted by atomic mass is 9.78. The third kappa shape index (κ3) is 4.89. The van der Waals surface area contributed by atoms with Crippen molar-refractivity contribution >= 4 is 22.5 Å². The van der Waals surface area contributed by atoms with Crippen LogP contribution in [0.1, 0.15) is 31.4 Å². The second-order valence-electron chi connectivity index (χ2n) is 9.96. The Balaban J connectivity index is 1.20. The molecule has 0 N–H and O–H groups in total. The summed E-state index contributed by atoms with van der Waals surface area (Å²) in [5, 5.41) is 6.41. The molecule has 2 fully saturated rings. The highest BCUT2D eigenvalue weighted by Crippen LogP contribution is 2.32. The van der Waals surface area contributed by atoms with Crippen molar-refractivity contribution < 1.29 is 9.59 Å². The fourth-order valence-electron chi connectivity index (χ4n) is 5.30. The van der Waals surface area contributed by atoms with E-state index in [-0.39, 0.29) is 17.6 Å². The SMILES string of the molecule is CN1CCN(C(=O)C2CCC(C(=O)Cc3cc4cc(-c5cnn(C)c5)ccc4cn3)CC2)CC1. The lowest BCUT2D eigenvalue weighted by Crippen LogP contribution is -2.49. The van der Waals surface area contributed by atoms with Gasteiger partial charge in [0.2, 0.25) is 5.91 Å². The molecule has 1 aliphatic heterocycles. The summed E-state index contributed by atoms with van der Waals surface area (Å²) < 4.78 is 1.80. The molecule has 1 aliphatic carbocycles. The molecule has 1 aromatic carbocycles. The van der Waals surface area contributed by atoms with Crippen LogP contribution in [-0.2, 0) is 23.1 Å². The van der Waals surface area contributed by atoms with E-state index in [0.717, 1.165) is 79.5 Å². The number of piperazine rings is 1. The number of rotatable bonds is 5. The molecule has 0 radical (unpaired) electrons. The van der Waals surface area contributed by atoms with Crippen LogP contribution in [0.5, 0.6) is 0 Å². The van der Waals surface area contributed by atoms with Crippen LogP contribution >= 0.6 is 0 Å². The molecule has 0 atom stereocenters. The summed E-state index contributed by atoms with van der Waals surface area (Å²) in [5.41, 5.74) is 2.99. The Bertz CT molecular complexity index is 1190. The summed E-state index contributed by atoms with van der Waals surface area (Å²) in [6.07, 6.45) is 9.33. The van der Waals surface area contributed by atoms with E-state index >= 15 is 0 Å². The molecule has 178 valence electrons. The van der Waals surface area contributed by atoms with E-state index < -0.39 is 0 Å². The largest absolute Gasteiger partial charge is 0.340 e. The standard InChI is InChI=1S/C27H33N5O2/c1-30-9-11-32(12-10-30)27(34)20-5-3-19(4-6-20)26(33)15-25-14-23-13-21(7-8-22(23)16-28-25)24-17-29-31(2)18-24/h7-8,13-14,16-20H,3-6,9-12,15H2,1-2H3. The Labute approximate surface area is 200 Å². The number of aryl methyl sites for hydroxylation is 1. The van der Waals surface area contributed by atoms with Gasteiger partial charge in [0.15, 0.2) is 0 Å². The van der Waals surface area contributed by atoms with Gasteiger partial charge in [-0.1, -0.05) is 12.1 Å². The van der Waals surface area contributed by atoms with Gasteiger partial charge in [0.05, 0.1) is 6.20 Å². The van der Waals surface area contributed by atoms with Crippen LogP contribution in [0.25, 0.3) is 21.9 Å². The zero-order chi connectivity index (χ0) is 23.7. The van der Waals surface area contributed by atoms with Crippen LogP contribution in [-0.4, -0.2) is 69.5 Å². The van der Waals surface area contributed by atoms with Gasteiger partial charge in [0.25, 0.3) is 0 Å². The van der Waals surface area contributed by atoms with Crippen molar-refractivity contribution in [3.8, 4) is 11.1 Å². The molecule has 34 heavy (non-hydrogen) atoms.